The molecule has 0 spiro atoms. The van der Waals surface area contributed by atoms with Crippen LogP contribution in [-0.2, 0) is 16.1 Å². The van der Waals surface area contributed by atoms with Crippen LogP contribution in [0.25, 0.3) is 0 Å². The first-order chi connectivity index (χ1) is 13.2. The third-order valence-corrected chi connectivity index (χ3v) is 5.52. The number of pyridine rings is 1. The lowest BCUT2D eigenvalue weighted by atomic mass is 9.96. The monoisotopic (exact) mass is 411 g/mol. The standard InChI is InChI=1S/C20H33N5O2.ClH/c1-23(12-13-27-2)19-6-5-17(14-22-19)15-24-9-3-4-18(16-24)20(26)25-10-7-21-8-11-25;/h5-6,14,18,21H,3-4,7-13,15-16H2,1-2H3;1H. The number of hydrogen-bond donors (Lipinski definition) is 1. The van der Waals surface area contributed by atoms with Gasteiger partial charge in [0, 0.05) is 66.2 Å². The van der Waals surface area contributed by atoms with Crippen LogP contribution in [-0.4, -0.2) is 87.3 Å². The Hall–Kier alpha value is -1.41. The molecule has 2 saturated heterocycles. The zero-order valence-corrected chi connectivity index (χ0v) is 17.9. The lowest BCUT2D eigenvalue weighted by molar-refractivity contribution is -0.138. The largest absolute Gasteiger partial charge is 0.383 e. The molecular formula is C20H34ClN5O2. The fourth-order valence-electron chi connectivity index (χ4n) is 3.88. The molecule has 158 valence electrons. The van der Waals surface area contributed by atoms with Gasteiger partial charge in [-0.15, -0.1) is 12.4 Å². The van der Waals surface area contributed by atoms with Crippen molar-refractivity contribution in [3.05, 3.63) is 23.9 Å². The summed E-state index contributed by atoms with van der Waals surface area (Å²) in [7, 11) is 3.74. The van der Waals surface area contributed by atoms with Crippen LogP contribution >= 0.6 is 12.4 Å². The minimum Gasteiger partial charge on any atom is -0.383 e. The Kier molecular flexibility index (Phi) is 9.44. The van der Waals surface area contributed by atoms with E-state index in [1.165, 1.54) is 5.56 Å². The molecule has 2 aliphatic rings. The number of ether oxygens (including phenoxy) is 1. The van der Waals surface area contributed by atoms with Crippen molar-refractivity contribution >= 4 is 24.1 Å². The number of carbonyl (C=O) groups excluding carboxylic acids is 1. The third kappa shape index (κ3) is 6.30. The van der Waals surface area contributed by atoms with Crippen molar-refractivity contribution < 1.29 is 9.53 Å². The fourth-order valence-corrected chi connectivity index (χ4v) is 3.88. The van der Waals surface area contributed by atoms with Gasteiger partial charge in [-0.05, 0) is 31.0 Å². The maximum absolute atomic E-state index is 12.8. The van der Waals surface area contributed by atoms with E-state index in [0.29, 0.717) is 12.5 Å². The van der Waals surface area contributed by atoms with E-state index in [1.807, 2.05) is 18.1 Å². The summed E-state index contributed by atoms with van der Waals surface area (Å²) in [5.41, 5.74) is 1.20. The Morgan fingerprint density at radius 1 is 1.32 bits per heavy atom. The number of carbonyl (C=O) groups is 1. The van der Waals surface area contributed by atoms with Gasteiger partial charge in [0.2, 0.25) is 5.91 Å². The summed E-state index contributed by atoms with van der Waals surface area (Å²) in [5, 5.41) is 3.32. The lowest BCUT2D eigenvalue weighted by Crippen LogP contribution is -2.51. The van der Waals surface area contributed by atoms with Gasteiger partial charge >= 0.3 is 0 Å². The van der Waals surface area contributed by atoms with Crippen molar-refractivity contribution in [2.24, 2.45) is 5.92 Å². The number of nitrogens with one attached hydrogen (secondary N) is 1. The Bertz CT molecular complexity index is 595. The quantitative estimate of drug-likeness (QED) is 0.728. The molecule has 7 nitrogen and oxygen atoms in total. The molecular weight excluding hydrogens is 378 g/mol. The molecule has 1 atom stereocenters. The van der Waals surface area contributed by atoms with Crippen LogP contribution in [0.3, 0.4) is 0 Å². The highest BCUT2D eigenvalue weighted by Crippen LogP contribution is 2.21. The number of anilines is 1. The summed E-state index contributed by atoms with van der Waals surface area (Å²) < 4.78 is 5.12. The zero-order chi connectivity index (χ0) is 19.1. The number of piperazine rings is 1. The van der Waals surface area contributed by atoms with Crippen molar-refractivity contribution in [3.63, 3.8) is 0 Å². The lowest BCUT2D eigenvalue weighted by Gasteiger charge is -2.36. The molecule has 8 heteroatoms. The molecule has 28 heavy (non-hydrogen) atoms. The highest BCUT2D eigenvalue weighted by molar-refractivity contribution is 5.85. The van der Waals surface area contributed by atoms with Crippen LogP contribution in [0.5, 0.6) is 0 Å². The summed E-state index contributed by atoms with van der Waals surface area (Å²) in [5.74, 6) is 1.44. The maximum Gasteiger partial charge on any atom is 0.227 e. The van der Waals surface area contributed by atoms with E-state index >= 15 is 0 Å². The molecule has 0 radical (unpaired) electrons. The van der Waals surface area contributed by atoms with Gasteiger partial charge in [-0.25, -0.2) is 4.98 Å². The van der Waals surface area contributed by atoms with Crippen molar-refractivity contribution in [1.29, 1.82) is 0 Å². The highest BCUT2D eigenvalue weighted by Gasteiger charge is 2.29. The third-order valence-electron chi connectivity index (χ3n) is 5.52. The zero-order valence-electron chi connectivity index (χ0n) is 17.1. The first-order valence-corrected chi connectivity index (χ1v) is 10.0. The van der Waals surface area contributed by atoms with Crippen molar-refractivity contribution in [2.75, 3.05) is 71.5 Å². The summed E-state index contributed by atoms with van der Waals surface area (Å²) in [6, 6.07) is 4.21. The van der Waals surface area contributed by atoms with Crippen LogP contribution in [0, 0.1) is 5.92 Å². The first-order valence-electron chi connectivity index (χ1n) is 10.0. The smallest absolute Gasteiger partial charge is 0.227 e. The number of hydrogen-bond acceptors (Lipinski definition) is 6. The van der Waals surface area contributed by atoms with Gasteiger partial charge in [-0.1, -0.05) is 6.07 Å². The molecule has 0 saturated carbocycles. The molecule has 1 N–H and O–H groups in total. The number of methoxy groups -OCH3 is 1. The second-order valence-corrected chi connectivity index (χ2v) is 7.59. The molecule has 0 aliphatic carbocycles. The molecule has 1 aromatic heterocycles. The van der Waals surface area contributed by atoms with E-state index in [1.54, 1.807) is 7.11 Å². The molecule has 0 bridgehead atoms. The van der Waals surface area contributed by atoms with E-state index in [0.717, 1.165) is 71.0 Å². The van der Waals surface area contributed by atoms with Crippen molar-refractivity contribution in [3.8, 4) is 0 Å². The highest BCUT2D eigenvalue weighted by atomic mass is 35.5. The Morgan fingerprint density at radius 3 is 2.79 bits per heavy atom. The van der Waals surface area contributed by atoms with Gasteiger partial charge in [0.05, 0.1) is 12.5 Å². The average molecular weight is 412 g/mol. The number of halogens is 1. The molecule has 3 rings (SSSR count). The normalized spacial score (nSPS) is 20.5. The Morgan fingerprint density at radius 2 is 2.11 bits per heavy atom. The molecule has 1 unspecified atom stereocenters. The second-order valence-electron chi connectivity index (χ2n) is 7.59. The van der Waals surface area contributed by atoms with Crippen molar-refractivity contribution in [1.82, 2.24) is 20.1 Å². The number of nitrogens with zero attached hydrogens (tertiary/aromatic N) is 4. The molecule has 2 aliphatic heterocycles. The summed E-state index contributed by atoms with van der Waals surface area (Å²) >= 11 is 0. The van der Waals surface area contributed by atoms with E-state index in [4.69, 9.17) is 4.74 Å². The van der Waals surface area contributed by atoms with Gasteiger partial charge in [-0.3, -0.25) is 9.69 Å². The molecule has 2 fully saturated rings. The van der Waals surface area contributed by atoms with E-state index in [2.05, 4.69) is 32.2 Å². The van der Waals surface area contributed by atoms with Crippen molar-refractivity contribution in [2.45, 2.75) is 19.4 Å². The van der Waals surface area contributed by atoms with E-state index < -0.39 is 0 Å². The number of amides is 1. The molecule has 3 heterocycles. The number of piperidine rings is 1. The van der Waals surface area contributed by atoms with Crippen LogP contribution in [0.2, 0.25) is 0 Å². The summed E-state index contributed by atoms with van der Waals surface area (Å²) in [6.07, 6.45) is 4.06. The minimum atomic E-state index is 0. The fraction of sp³-hybridized carbons (Fsp3) is 0.700. The van der Waals surface area contributed by atoms with Crippen LogP contribution in [0.4, 0.5) is 5.82 Å². The van der Waals surface area contributed by atoms with Gasteiger partial charge in [0.25, 0.3) is 0 Å². The topological polar surface area (TPSA) is 60.9 Å². The van der Waals surface area contributed by atoms with Gasteiger partial charge in [0.1, 0.15) is 5.82 Å². The van der Waals surface area contributed by atoms with Gasteiger partial charge in [-0.2, -0.15) is 0 Å². The predicted molar refractivity (Wildman–Crippen MR) is 114 cm³/mol. The number of rotatable bonds is 7. The van der Waals surface area contributed by atoms with Crippen LogP contribution in [0.15, 0.2) is 18.3 Å². The van der Waals surface area contributed by atoms with Gasteiger partial charge in [0.15, 0.2) is 0 Å². The summed E-state index contributed by atoms with van der Waals surface area (Å²) in [4.78, 5) is 23.9. The molecule has 1 aromatic rings. The Balaban J connectivity index is 0.00000280. The van der Waals surface area contributed by atoms with Gasteiger partial charge < -0.3 is 19.9 Å². The van der Waals surface area contributed by atoms with E-state index in [9.17, 15) is 4.79 Å². The molecule has 0 aromatic carbocycles. The average Bonchev–Trinajstić information content (AvgIpc) is 2.73. The maximum atomic E-state index is 12.8. The predicted octanol–water partition coefficient (Wildman–Crippen LogP) is 1.23. The first kappa shape index (κ1) is 22.9. The van der Waals surface area contributed by atoms with Crippen LogP contribution in [0.1, 0.15) is 18.4 Å². The summed E-state index contributed by atoms with van der Waals surface area (Å²) in [6.45, 7) is 7.81. The molecule has 1 amide bonds. The minimum absolute atomic E-state index is 0. The number of likely N-dealkylation sites (tertiary alicyclic amines) is 1. The SMILES string of the molecule is COCCN(C)c1ccc(CN2CCCC(C(=O)N3CCNCC3)C2)cn1.Cl. The number of aromatic nitrogens is 1. The second kappa shape index (κ2) is 11.6. The van der Waals surface area contributed by atoms with E-state index in [-0.39, 0.29) is 18.3 Å². The Labute approximate surface area is 174 Å². The number of likely N-dealkylation sites (N-methyl/N-ethyl adjacent to an activating group) is 1. The van der Waals surface area contributed by atoms with Crippen LogP contribution < -0.4 is 10.2 Å².